The van der Waals surface area contributed by atoms with Gasteiger partial charge in [0.25, 0.3) is 0 Å². The highest BCUT2D eigenvalue weighted by molar-refractivity contribution is 5.82. The summed E-state index contributed by atoms with van der Waals surface area (Å²) in [7, 11) is 1.84. The Morgan fingerprint density at radius 1 is 1.29 bits per heavy atom. The van der Waals surface area contributed by atoms with Gasteiger partial charge in [-0.1, -0.05) is 0 Å². The molecule has 0 spiro atoms. The number of aliphatic hydroxyl groups excluding tert-OH is 1. The Bertz CT molecular complexity index is 367. The van der Waals surface area contributed by atoms with E-state index in [1.807, 2.05) is 7.05 Å². The first kappa shape index (κ1) is 15.3. The molecule has 1 saturated carbocycles. The fraction of sp³-hybridized carbons (Fsp3) is 0.938. The molecule has 2 aliphatic heterocycles. The summed E-state index contributed by atoms with van der Waals surface area (Å²) in [4.78, 5) is 16.9. The molecule has 3 aliphatic rings. The molecule has 0 bridgehead atoms. The minimum atomic E-state index is -0.336. The Labute approximate surface area is 127 Å². The number of hydrogen-bond donors (Lipinski definition) is 1. The van der Waals surface area contributed by atoms with Crippen molar-refractivity contribution in [3.05, 3.63) is 0 Å². The lowest BCUT2D eigenvalue weighted by molar-refractivity contribution is -0.137. The molecule has 3 fully saturated rings. The highest BCUT2D eigenvalue weighted by atomic mass is 16.5. The van der Waals surface area contributed by atoms with Crippen LogP contribution >= 0.6 is 0 Å². The highest BCUT2D eigenvalue weighted by Gasteiger charge is 2.38. The van der Waals surface area contributed by atoms with Crippen molar-refractivity contribution in [1.29, 1.82) is 0 Å². The summed E-state index contributed by atoms with van der Waals surface area (Å²) in [6, 6.07) is 0.515. The van der Waals surface area contributed by atoms with Gasteiger partial charge in [0.05, 0.1) is 12.1 Å². The number of likely N-dealkylation sites (tertiary alicyclic amines) is 1. The molecule has 120 valence electrons. The number of likely N-dealkylation sites (N-methyl/N-ethyl adjacent to an activating group) is 1. The van der Waals surface area contributed by atoms with E-state index < -0.39 is 0 Å². The number of carbonyl (C=O) groups excluding carboxylic acids is 1. The number of amides is 1. The van der Waals surface area contributed by atoms with Crippen molar-refractivity contribution in [2.75, 3.05) is 33.4 Å². The van der Waals surface area contributed by atoms with Crippen molar-refractivity contribution in [3.8, 4) is 0 Å². The van der Waals surface area contributed by atoms with Crippen molar-refractivity contribution < 1.29 is 14.6 Å². The zero-order chi connectivity index (χ0) is 14.8. The Kier molecular flexibility index (Phi) is 4.82. The van der Waals surface area contributed by atoms with E-state index in [4.69, 9.17) is 4.74 Å². The maximum absolute atomic E-state index is 12.7. The van der Waals surface area contributed by atoms with Crippen LogP contribution in [0.1, 0.15) is 38.5 Å². The summed E-state index contributed by atoms with van der Waals surface area (Å²) in [5.74, 6) is 0.620. The molecule has 2 heterocycles. The molecular formula is C16H28N2O3. The predicted octanol–water partition coefficient (Wildman–Crippen LogP) is 0.859. The summed E-state index contributed by atoms with van der Waals surface area (Å²) in [6.07, 6.45) is 6.03. The van der Waals surface area contributed by atoms with Gasteiger partial charge in [0.15, 0.2) is 0 Å². The first-order valence-electron chi connectivity index (χ1n) is 8.43. The molecule has 0 aromatic heterocycles. The number of hydrogen-bond acceptors (Lipinski definition) is 4. The molecule has 3 rings (SSSR count). The quantitative estimate of drug-likeness (QED) is 0.817. The van der Waals surface area contributed by atoms with Gasteiger partial charge in [-0.15, -0.1) is 0 Å². The Balaban J connectivity index is 1.56. The first-order chi connectivity index (χ1) is 10.2. The molecule has 5 nitrogen and oxygen atoms in total. The minimum absolute atomic E-state index is 0.0181. The van der Waals surface area contributed by atoms with Crippen LogP contribution < -0.4 is 0 Å². The summed E-state index contributed by atoms with van der Waals surface area (Å²) in [6.45, 7) is 3.15. The first-order valence-corrected chi connectivity index (χ1v) is 8.43. The Hall–Kier alpha value is -0.650. The van der Waals surface area contributed by atoms with Crippen molar-refractivity contribution >= 4 is 5.91 Å². The van der Waals surface area contributed by atoms with Gasteiger partial charge in [-0.05, 0) is 51.0 Å². The van der Waals surface area contributed by atoms with E-state index in [0.717, 1.165) is 58.3 Å². The van der Waals surface area contributed by atoms with Crippen molar-refractivity contribution in [2.45, 2.75) is 56.7 Å². The second-order valence-electron chi connectivity index (χ2n) is 6.86. The van der Waals surface area contributed by atoms with Crippen molar-refractivity contribution in [3.63, 3.8) is 0 Å². The lowest BCUT2D eigenvalue weighted by atomic mass is 10.1. The van der Waals surface area contributed by atoms with Gasteiger partial charge < -0.3 is 14.7 Å². The average molecular weight is 296 g/mol. The van der Waals surface area contributed by atoms with Gasteiger partial charge >= 0.3 is 0 Å². The predicted molar refractivity (Wildman–Crippen MR) is 79.9 cm³/mol. The zero-order valence-electron chi connectivity index (χ0n) is 13.0. The molecule has 1 N–H and O–H groups in total. The van der Waals surface area contributed by atoms with Gasteiger partial charge in [0.1, 0.15) is 0 Å². The van der Waals surface area contributed by atoms with Crippen LogP contribution in [0.3, 0.4) is 0 Å². The van der Waals surface area contributed by atoms with E-state index in [9.17, 15) is 9.90 Å². The third-order valence-electron chi connectivity index (χ3n) is 5.24. The minimum Gasteiger partial charge on any atom is -0.391 e. The van der Waals surface area contributed by atoms with Crippen LogP contribution in [0.25, 0.3) is 0 Å². The van der Waals surface area contributed by atoms with Crippen LogP contribution in [0.15, 0.2) is 0 Å². The Morgan fingerprint density at radius 2 is 2.00 bits per heavy atom. The molecule has 2 unspecified atom stereocenters. The van der Waals surface area contributed by atoms with Gasteiger partial charge in [0.2, 0.25) is 5.91 Å². The van der Waals surface area contributed by atoms with E-state index in [1.54, 1.807) is 4.90 Å². The van der Waals surface area contributed by atoms with E-state index in [1.165, 1.54) is 0 Å². The molecular weight excluding hydrogens is 268 g/mol. The highest BCUT2D eigenvalue weighted by Crippen LogP contribution is 2.33. The molecule has 0 radical (unpaired) electrons. The van der Waals surface area contributed by atoms with Gasteiger partial charge in [0, 0.05) is 32.8 Å². The summed E-state index contributed by atoms with van der Waals surface area (Å²) < 4.78 is 5.43. The number of nitrogens with zero attached hydrogens (tertiary/aromatic N) is 2. The van der Waals surface area contributed by atoms with Crippen LogP contribution in [-0.2, 0) is 9.53 Å². The Morgan fingerprint density at radius 3 is 2.67 bits per heavy atom. The maximum Gasteiger partial charge on any atom is 0.239 e. The van der Waals surface area contributed by atoms with Crippen LogP contribution in [0.4, 0.5) is 0 Å². The molecule has 1 amide bonds. The zero-order valence-corrected chi connectivity index (χ0v) is 13.0. The monoisotopic (exact) mass is 296 g/mol. The van der Waals surface area contributed by atoms with Crippen molar-refractivity contribution in [2.24, 2.45) is 5.92 Å². The van der Waals surface area contributed by atoms with Gasteiger partial charge in [-0.25, -0.2) is 0 Å². The smallest absolute Gasteiger partial charge is 0.239 e. The van der Waals surface area contributed by atoms with E-state index in [-0.39, 0.29) is 18.1 Å². The molecule has 5 heteroatoms. The summed E-state index contributed by atoms with van der Waals surface area (Å²) in [5.41, 5.74) is 0. The van der Waals surface area contributed by atoms with E-state index in [2.05, 4.69) is 4.90 Å². The second-order valence-corrected chi connectivity index (χ2v) is 6.86. The molecule has 2 saturated heterocycles. The van der Waals surface area contributed by atoms with Crippen LogP contribution in [0.5, 0.6) is 0 Å². The SMILES string of the molecule is CN(CC(O)C1CC1)C(=O)C1CCCN1C1CCOCC1. The third kappa shape index (κ3) is 3.58. The van der Waals surface area contributed by atoms with Crippen LogP contribution in [-0.4, -0.2) is 72.4 Å². The second kappa shape index (κ2) is 6.63. The normalized spacial score (nSPS) is 29.5. The van der Waals surface area contributed by atoms with Crippen LogP contribution in [0, 0.1) is 5.92 Å². The topological polar surface area (TPSA) is 53.0 Å². The number of rotatable bonds is 5. The largest absolute Gasteiger partial charge is 0.391 e. The molecule has 0 aromatic carbocycles. The lowest BCUT2D eigenvalue weighted by Crippen LogP contribution is -2.50. The summed E-state index contributed by atoms with van der Waals surface area (Å²) >= 11 is 0. The van der Waals surface area contributed by atoms with Gasteiger partial charge in [-0.2, -0.15) is 0 Å². The molecule has 2 atom stereocenters. The van der Waals surface area contributed by atoms with E-state index >= 15 is 0 Å². The maximum atomic E-state index is 12.7. The van der Waals surface area contributed by atoms with Crippen molar-refractivity contribution in [1.82, 2.24) is 9.80 Å². The van der Waals surface area contributed by atoms with Gasteiger partial charge in [-0.3, -0.25) is 9.69 Å². The molecule has 1 aliphatic carbocycles. The number of ether oxygens (including phenoxy) is 1. The summed E-state index contributed by atoms with van der Waals surface area (Å²) in [5, 5.41) is 10.0. The molecule has 0 aromatic rings. The average Bonchev–Trinajstić information content (AvgIpc) is 3.24. The molecule has 21 heavy (non-hydrogen) atoms. The lowest BCUT2D eigenvalue weighted by Gasteiger charge is -2.36. The van der Waals surface area contributed by atoms with E-state index in [0.29, 0.717) is 18.5 Å². The fourth-order valence-electron chi connectivity index (χ4n) is 3.76. The standard InChI is InChI=1S/C16H28N2O3/c1-17(11-15(19)12-4-5-12)16(20)14-3-2-8-18(14)13-6-9-21-10-7-13/h12-15,19H,2-11H2,1H3. The number of aliphatic hydroxyl groups is 1. The number of carbonyl (C=O) groups is 1. The fourth-order valence-corrected chi connectivity index (χ4v) is 3.76. The third-order valence-corrected chi connectivity index (χ3v) is 5.24. The van der Waals surface area contributed by atoms with Crippen LogP contribution in [0.2, 0.25) is 0 Å².